The summed E-state index contributed by atoms with van der Waals surface area (Å²) >= 11 is 0. The Kier molecular flexibility index (Phi) is 14.1. The molecule has 6 nitrogen and oxygen atoms in total. The minimum absolute atomic E-state index is 0.119. The molecule has 44 heavy (non-hydrogen) atoms. The maximum Gasteiger partial charge on any atom is 0.220 e. The maximum atomic E-state index is 12.3. The van der Waals surface area contributed by atoms with Crippen LogP contribution in [0.3, 0.4) is 0 Å². The van der Waals surface area contributed by atoms with Crippen LogP contribution in [0.1, 0.15) is 114 Å². The lowest BCUT2D eigenvalue weighted by Crippen LogP contribution is -2.22. The Bertz CT molecular complexity index is 1310. The first-order valence-electron chi connectivity index (χ1n) is 17.3. The standard InChI is InChI=1S/C38H55N3O3/c1-29(2)17-9-5-6-10-22-37(42)40-28-30-23-24-35(36(27-30)43-3)44-26-16-8-4-7-15-25-39-38-31-18-11-13-20-33(31)41-34-21-14-12-19-32(34)38/h11,13,18,20,23-24,27,29H,4-10,12,14-17,19,21-22,25-26,28H2,1-3H3,(H,39,41)(H,40,42). The second-order valence-electron chi connectivity index (χ2n) is 12.8. The molecular formula is C38H55N3O3. The lowest BCUT2D eigenvalue weighted by atomic mass is 9.92. The van der Waals surface area contributed by atoms with E-state index in [0.717, 1.165) is 80.0 Å². The highest BCUT2D eigenvalue weighted by Gasteiger charge is 2.17. The Morgan fingerprint density at radius 2 is 1.66 bits per heavy atom. The van der Waals surface area contributed by atoms with Crippen LogP contribution in [0.25, 0.3) is 10.9 Å². The second kappa shape index (κ2) is 18.5. The SMILES string of the molecule is COc1cc(CNC(=O)CCCCCCC(C)C)ccc1OCCCCCCCNc1c2c(nc3ccccc13)CCCC2. The molecule has 1 aliphatic carbocycles. The molecule has 0 saturated carbocycles. The summed E-state index contributed by atoms with van der Waals surface area (Å²) in [5.74, 6) is 2.37. The lowest BCUT2D eigenvalue weighted by molar-refractivity contribution is -0.121. The number of amides is 1. The highest BCUT2D eigenvalue weighted by atomic mass is 16.5. The van der Waals surface area contributed by atoms with Crippen LogP contribution in [0.5, 0.6) is 11.5 Å². The molecule has 0 spiro atoms. The number of nitrogens with zero attached hydrogens (tertiary/aromatic N) is 1. The molecule has 1 aliphatic rings. The van der Waals surface area contributed by atoms with Gasteiger partial charge in [-0.15, -0.1) is 0 Å². The van der Waals surface area contributed by atoms with Crippen molar-refractivity contribution in [3.8, 4) is 11.5 Å². The Morgan fingerprint density at radius 3 is 2.52 bits per heavy atom. The summed E-state index contributed by atoms with van der Waals surface area (Å²) in [7, 11) is 1.67. The molecule has 1 heterocycles. The van der Waals surface area contributed by atoms with Crippen LogP contribution in [0.2, 0.25) is 0 Å². The molecule has 3 aromatic rings. The van der Waals surface area contributed by atoms with Gasteiger partial charge in [0.05, 0.1) is 19.2 Å². The Labute approximate surface area is 265 Å². The average Bonchev–Trinajstić information content (AvgIpc) is 3.04. The summed E-state index contributed by atoms with van der Waals surface area (Å²) in [6, 6.07) is 14.5. The van der Waals surface area contributed by atoms with E-state index < -0.39 is 0 Å². The first-order chi connectivity index (χ1) is 21.5. The largest absolute Gasteiger partial charge is 0.493 e. The van der Waals surface area contributed by atoms with Crippen LogP contribution < -0.4 is 20.1 Å². The van der Waals surface area contributed by atoms with E-state index in [1.54, 1.807) is 7.11 Å². The van der Waals surface area contributed by atoms with E-state index in [9.17, 15) is 4.79 Å². The minimum atomic E-state index is 0.119. The van der Waals surface area contributed by atoms with Crippen LogP contribution in [0, 0.1) is 5.92 Å². The first-order valence-corrected chi connectivity index (χ1v) is 17.3. The van der Waals surface area contributed by atoms with Crippen LogP contribution in [-0.2, 0) is 24.2 Å². The third-order valence-electron chi connectivity index (χ3n) is 8.70. The molecule has 0 atom stereocenters. The zero-order chi connectivity index (χ0) is 31.0. The number of hydrogen-bond donors (Lipinski definition) is 2. The van der Waals surface area contributed by atoms with Crippen molar-refractivity contribution in [2.24, 2.45) is 5.92 Å². The molecule has 1 amide bonds. The van der Waals surface area contributed by atoms with Gasteiger partial charge in [-0.3, -0.25) is 9.78 Å². The molecule has 6 heteroatoms. The van der Waals surface area contributed by atoms with Gasteiger partial charge in [-0.05, 0) is 80.2 Å². The van der Waals surface area contributed by atoms with Gasteiger partial charge in [0.1, 0.15) is 0 Å². The fraction of sp³-hybridized carbons (Fsp3) is 0.579. The molecule has 2 N–H and O–H groups in total. The van der Waals surface area contributed by atoms with Crippen molar-refractivity contribution in [1.29, 1.82) is 0 Å². The Hall–Kier alpha value is -3.28. The van der Waals surface area contributed by atoms with Crippen molar-refractivity contribution in [2.75, 3.05) is 25.6 Å². The number of aryl methyl sites for hydroxylation is 1. The van der Waals surface area contributed by atoms with E-state index in [4.69, 9.17) is 14.5 Å². The number of anilines is 1. The Morgan fingerprint density at radius 1 is 0.886 bits per heavy atom. The van der Waals surface area contributed by atoms with Gasteiger partial charge in [-0.2, -0.15) is 0 Å². The number of carbonyl (C=O) groups is 1. The van der Waals surface area contributed by atoms with E-state index in [0.29, 0.717) is 19.6 Å². The van der Waals surface area contributed by atoms with Gasteiger partial charge < -0.3 is 20.1 Å². The van der Waals surface area contributed by atoms with Crippen LogP contribution in [0.15, 0.2) is 42.5 Å². The van der Waals surface area contributed by atoms with Gasteiger partial charge in [0.25, 0.3) is 0 Å². The van der Waals surface area contributed by atoms with Crippen molar-refractivity contribution in [2.45, 2.75) is 117 Å². The smallest absolute Gasteiger partial charge is 0.220 e. The number of nitrogens with one attached hydrogen (secondary N) is 2. The number of fused-ring (bicyclic) bond motifs is 2. The van der Waals surface area contributed by atoms with E-state index in [2.05, 4.69) is 48.7 Å². The van der Waals surface area contributed by atoms with E-state index in [1.165, 1.54) is 67.3 Å². The number of benzene rings is 2. The monoisotopic (exact) mass is 601 g/mol. The summed E-state index contributed by atoms with van der Waals surface area (Å²) in [6.45, 7) is 6.72. The van der Waals surface area contributed by atoms with Crippen LogP contribution in [-0.4, -0.2) is 31.2 Å². The molecule has 0 unspecified atom stereocenters. The topological polar surface area (TPSA) is 72.5 Å². The zero-order valence-electron chi connectivity index (χ0n) is 27.5. The number of unbranched alkanes of at least 4 members (excludes halogenated alkanes) is 7. The molecule has 240 valence electrons. The van der Waals surface area contributed by atoms with Crippen LogP contribution in [0.4, 0.5) is 5.69 Å². The van der Waals surface area contributed by atoms with Crippen molar-refractivity contribution in [3.63, 3.8) is 0 Å². The second-order valence-corrected chi connectivity index (χ2v) is 12.8. The highest BCUT2D eigenvalue weighted by Crippen LogP contribution is 2.33. The number of ether oxygens (including phenoxy) is 2. The summed E-state index contributed by atoms with van der Waals surface area (Å²) < 4.78 is 11.6. The Balaban J connectivity index is 1.09. The molecule has 1 aromatic heterocycles. The predicted octanol–water partition coefficient (Wildman–Crippen LogP) is 9.18. The molecule has 2 aromatic carbocycles. The minimum Gasteiger partial charge on any atom is -0.493 e. The van der Waals surface area contributed by atoms with E-state index in [-0.39, 0.29) is 5.91 Å². The molecule has 0 saturated heterocycles. The number of methoxy groups -OCH3 is 1. The lowest BCUT2D eigenvalue weighted by Gasteiger charge is -2.21. The molecular weight excluding hydrogens is 546 g/mol. The fourth-order valence-corrected chi connectivity index (χ4v) is 6.15. The average molecular weight is 602 g/mol. The summed E-state index contributed by atoms with van der Waals surface area (Å²) in [5, 5.41) is 8.10. The van der Waals surface area contributed by atoms with Crippen molar-refractivity contribution in [1.82, 2.24) is 10.3 Å². The molecule has 0 bridgehead atoms. The van der Waals surface area contributed by atoms with Crippen molar-refractivity contribution >= 4 is 22.5 Å². The number of aromatic nitrogens is 1. The maximum absolute atomic E-state index is 12.3. The summed E-state index contributed by atoms with van der Waals surface area (Å²) in [4.78, 5) is 17.2. The normalized spacial score (nSPS) is 12.7. The zero-order valence-corrected chi connectivity index (χ0v) is 27.5. The third-order valence-corrected chi connectivity index (χ3v) is 8.70. The molecule has 0 radical (unpaired) electrons. The number of rotatable bonds is 20. The molecule has 0 aliphatic heterocycles. The van der Waals surface area contributed by atoms with Crippen molar-refractivity contribution in [3.05, 3.63) is 59.3 Å². The van der Waals surface area contributed by atoms with Gasteiger partial charge in [0.15, 0.2) is 11.5 Å². The van der Waals surface area contributed by atoms with Gasteiger partial charge >= 0.3 is 0 Å². The number of hydrogen-bond acceptors (Lipinski definition) is 5. The van der Waals surface area contributed by atoms with Gasteiger partial charge in [0.2, 0.25) is 5.91 Å². The van der Waals surface area contributed by atoms with Gasteiger partial charge in [0, 0.05) is 36.3 Å². The summed E-state index contributed by atoms with van der Waals surface area (Å²) in [6.07, 6.45) is 16.9. The molecule has 0 fully saturated rings. The number of carbonyl (C=O) groups excluding carboxylic acids is 1. The van der Waals surface area contributed by atoms with Gasteiger partial charge in [-0.1, -0.05) is 83.1 Å². The van der Waals surface area contributed by atoms with Gasteiger partial charge in [-0.25, -0.2) is 0 Å². The number of para-hydroxylation sites is 1. The first kappa shape index (κ1) is 33.6. The van der Waals surface area contributed by atoms with Crippen LogP contribution >= 0.6 is 0 Å². The van der Waals surface area contributed by atoms with E-state index in [1.807, 2.05) is 18.2 Å². The predicted molar refractivity (Wildman–Crippen MR) is 183 cm³/mol. The number of pyridine rings is 1. The summed E-state index contributed by atoms with van der Waals surface area (Å²) in [5.41, 5.74) is 6.20. The third kappa shape index (κ3) is 10.7. The highest BCUT2D eigenvalue weighted by molar-refractivity contribution is 5.93. The fourth-order valence-electron chi connectivity index (χ4n) is 6.15. The quantitative estimate of drug-likeness (QED) is 0.126. The van der Waals surface area contributed by atoms with E-state index >= 15 is 0 Å². The molecule has 4 rings (SSSR count). The van der Waals surface area contributed by atoms with Crippen molar-refractivity contribution < 1.29 is 14.3 Å².